The molecule has 0 aliphatic rings. The maximum atomic E-state index is 11.0. The van der Waals surface area contributed by atoms with E-state index in [-0.39, 0.29) is 6.61 Å². The quantitative estimate of drug-likeness (QED) is 0.887. The lowest BCUT2D eigenvalue weighted by Gasteiger charge is -2.06. The van der Waals surface area contributed by atoms with E-state index in [1.165, 1.54) is 6.20 Å². The number of halogens is 1. The van der Waals surface area contributed by atoms with Crippen molar-refractivity contribution in [3.63, 3.8) is 0 Å². The van der Waals surface area contributed by atoms with E-state index < -0.39 is 5.69 Å². The Labute approximate surface area is 96.9 Å². The fraction of sp³-hybridized carbons (Fsp3) is 0.0909. The average molecular weight is 237 g/mol. The zero-order chi connectivity index (χ0) is 11.4. The Morgan fingerprint density at radius 2 is 2.06 bits per heavy atom. The van der Waals surface area contributed by atoms with Crippen LogP contribution in [0, 0.1) is 0 Å². The van der Waals surface area contributed by atoms with Gasteiger partial charge in [-0.25, -0.2) is 9.78 Å². The second kappa shape index (κ2) is 4.81. The van der Waals surface area contributed by atoms with Crippen LogP contribution in [0.25, 0.3) is 0 Å². The maximum absolute atomic E-state index is 11.0. The molecule has 0 aliphatic carbocycles. The van der Waals surface area contributed by atoms with Gasteiger partial charge in [0.15, 0.2) is 0 Å². The van der Waals surface area contributed by atoms with Crippen LogP contribution in [0.1, 0.15) is 5.69 Å². The molecular formula is C11H9ClN2O2. The van der Waals surface area contributed by atoms with Crippen molar-refractivity contribution in [1.29, 1.82) is 0 Å². The predicted molar refractivity (Wildman–Crippen MR) is 60.6 cm³/mol. The van der Waals surface area contributed by atoms with E-state index in [0.717, 1.165) is 5.75 Å². The average Bonchev–Trinajstić information content (AvgIpc) is 2.32. The van der Waals surface area contributed by atoms with Crippen molar-refractivity contribution in [3.05, 3.63) is 57.7 Å². The van der Waals surface area contributed by atoms with Gasteiger partial charge in [-0.3, -0.25) is 0 Å². The van der Waals surface area contributed by atoms with Crippen molar-refractivity contribution in [2.75, 3.05) is 0 Å². The molecule has 0 amide bonds. The standard InChI is InChI=1S/C11H9ClN2O2/c12-9-6-13-11(15)14-10(9)7-16-8-4-2-1-3-5-8/h1-6H,7H2,(H,13,14,15). The van der Waals surface area contributed by atoms with Gasteiger partial charge in [-0.05, 0) is 12.1 Å². The Morgan fingerprint density at radius 3 is 2.81 bits per heavy atom. The predicted octanol–water partition coefficient (Wildman–Crippen LogP) is 2.00. The number of aromatic nitrogens is 2. The number of hydrogen-bond donors (Lipinski definition) is 1. The van der Waals surface area contributed by atoms with E-state index in [4.69, 9.17) is 16.3 Å². The van der Waals surface area contributed by atoms with E-state index in [9.17, 15) is 4.79 Å². The minimum atomic E-state index is -0.434. The number of benzene rings is 1. The molecule has 0 bridgehead atoms. The molecule has 82 valence electrons. The Kier molecular flexibility index (Phi) is 3.22. The van der Waals surface area contributed by atoms with Crippen LogP contribution >= 0.6 is 11.6 Å². The molecule has 0 fully saturated rings. The monoisotopic (exact) mass is 236 g/mol. The summed E-state index contributed by atoms with van der Waals surface area (Å²) >= 11 is 5.85. The summed E-state index contributed by atoms with van der Waals surface area (Å²) < 4.78 is 5.45. The van der Waals surface area contributed by atoms with Crippen LogP contribution in [0.2, 0.25) is 5.02 Å². The first-order chi connectivity index (χ1) is 7.75. The van der Waals surface area contributed by atoms with Crippen LogP contribution < -0.4 is 10.4 Å². The summed E-state index contributed by atoms with van der Waals surface area (Å²) in [6, 6.07) is 9.28. The van der Waals surface area contributed by atoms with Gasteiger partial charge in [-0.2, -0.15) is 0 Å². The molecule has 1 aromatic heterocycles. The molecule has 2 aromatic rings. The second-order valence-corrected chi connectivity index (χ2v) is 3.52. The second-order valence-electron chi connectivity index (χ2n) is 3.12. The van der Waals surface area contributed by atoms with Gasteiger partial charge in [0.05, 0.1) is 16.9 Å². The van der Waals surface area contributed by atoms with E-state index in [1.54, 1.807) is 0 Å². The van der Waals surface area contributed by atoms with Gasteiger partial charge in [-0.15, -0.1) is 0 Å². The molecule has 5 heteroatoms. The van der Waals surface area contributed by atoms with Crippen molar-refractivity contribution in [2.24, 2.45) is 0 Å². The third-order valence-corrected chi connectivity index (χ3v) is 2.29. The van der Waals surface area contributed by atoms with Crippen LogP contribution in [0.4, 0.5) is 0 Å². The SMILES string of the molecule is O=c1ncc(Cl)c(COc2ccccc2)[nH]1. The first-order valence-electron chi connectivity index (χ1n) is 4.67. The van der Waals surface area contributed by atoms with Gasteiger partial charge in [0.2, 0.25) is 0 Å². The summed E-state index contributed by atoms with van der Waals surface area (Å²) in [6.45, 7) is 0.209. The number of nitrogens with zero attached hydrogens (tertiary/aromatic N) is 1. The lowest BCUT2D eigenvalue weighted by molar-refractivity contribution is 0.301. The molecule has 0 saturated heterocycles. The summed E-state index contributed by atoms with van der Waals surface area (Å²) in [5.41, 5.74) is 0.0848. The lowest BCUT2D eigenvalue weighted by atomic mass is 10.3. The van der Waals surface area contributed by atoms with Gasteiger partial charge < -0.3 is 9.72 Å². The van der Waals surface area contributed by atoms with Crippen molar-refractivity contribution in [3.8, 4) is 5.75 Å². The number of nitrogens with one attached hydrogen (secondary N) is 1. The summed E-state index contributed by atoms with van der Waals surface area (Å²) in [5.74, 6) is 0.719. The number of hydrogen-bond acceptors (Lipinski definition) is 3. The first-order valence-corrected chi connectivity index (χ1v) is 5.05. The fourth-order valence-corrected chi connectivity index (χ4v) is 1.34. The van der Waals surface area contributed by atoms with Gasteiger partial charge in [0.1, 0.15) is 12.4 Å². The van der Waals surface area contributed by atoms with Crippen LogP contribution in [-0.4, -0.2) is 9.97 Å². The zero-order valence-electron chi connectivity index (χ0n) is 8.31. The van der Waals surface area contributed by atoms with Crippen molar-refractivity contribution < 1.29 is 4.74 Å². The Bertz CT molecular complexity index is 525. The third kappa shape index (κ3) is 2.61. The molecule has 1 N–H and O–H groups in total. The minimum absolute atomic E-state index is 0.209. The van der Waals surface area contributed by atoms with E-state index in [1.807, 2.05) is 30.3 Å². The summed E-state index contributed by atoms with van der Waals surface area (Å²) in [6.07, 6.45) is 1.31. The van der Waals surface area contributed by atoms with Gasteiger partial charge >= 0.3 is 5.69 Å². The van der Waals surface area contributed by atoms with Gasteiger partial charge in [0.25, 0.3) is 0 Å². The normalized spacial score (nSPS) is 10.1. The van der Waals surface area contributed by atoms with Crippen molar-refractivity contribution in [1.82, 2.24) is 9.97 Å². The molecule has 1 aromatic carbocycles. The number of H-pyrrole nitrogens is 1. The highest BCUT2D eigenvalue weighted by atomic mass is 35.5. The molecule has 16 heavy (non-hydrogen) atoms. The number of para-hydroxylation sites is 1. The molecule has 0 saturated carbocycles. The van der Waals surface area contributed by atoms with Crippen LogP contribution in [0.15, 0.2) is 41.3 Å². The molecule has 2 rings (SSSR count). The summed E-state index contributed by atoms with van der Waals surface area (Å²) in [7, 11) is 0. The van der Waals surface area contributed by atoms with Crippen LogP contribution in [0.5, 0.6) is 5.75 Å². The number of rotatable bonds is 3. The largest absolute Gasteiger partial charge is 0.487 e. The van der Waals surface area contributed by atoms with Gasteiger partial charge in [-0.1, -0.05) is 29.8 Å². The Morgan fingerprint density at radius 1 is 1.31 bits per heavy atom. The number of aromatic amines is 1. The Hall–Kier alpha value is -1.81. The smallest absolute Gasteiger partial charge is 0.345 e. The molecule has 0 unspecified atom stereocenters. The summed E-state index contributed by atoms with van der Waals surface area (Å²) in [4.78, 5) is 17.0. The van der Waals surface area contributed by atoms with E-state index in [0.29, 0.717) is 10.7 Å². The molecule has 0 spiro atoms. The minimum Gasteiger partial charge on any atom is -0.487 e. The number of ether oxygens (including phenoxy) is 1. The molecule has 0 atom stereocenters. The fourth-order valence-electron chi connectivity index (χ4n) is 1.19. The lowest BCUT2D eigenvalue weighted by Crippen LogP contribution is -2.13. The zero-order valence-corrected chi connectivity index (χ0v) is 9.07. The maximum Gasteiger partial charge on any atom is 0.345 e. The topological polar surface area (TPSA) is 55.0 Å². The molecular weight excluding hydrogens is 228 g/mol. The highest BCUT2D eigenvalue weighted by Gasteiger charge is 2.02. The molecule has 0 aliphatic heterocycles. The highest BCUT2D eigenvalue weighted by molar-refractivity contribution is 6.31. The van der Waals surface area contributed by atoms with Gasteiger partial charge in [0, 0.05) is 0 Å². The van der Waals surface area contributed by atoms with Crippen LogP contribution in [-0.2, 0) is 6.61 Å². The van der Waals surface area contributed by atoms with E-state index in [2.05, 4.69) is 9.97 Å². The van der Waals surface area contributed by atoms with Crippen molar-refractivity contribution >= 4 is 11.6 Å². The first kappa shape index (κ1) is 10.7. The Balaban J connectivity index is 2.10. The highest BCUT2D eigenvalue weighted by Crippen LogP contribution is 2.14. The molecule has 1 heterocycles. The molecule has 4 nitrogen and oxygen atoms in total. The third-order valence-electron chi connectivity index (χ3n) is 1.97. The van der Waals surface area contributed by atoms with Crippen molar-refractivity contribution in [2.45, 2.75) is 6.61 Å². The summed E-state index contributed by atoms with van der Waals surface area (Å²) in [5, 5.41) is 0.385. The van der Waals surface area contributed by atoms with E-state index >= 15 is 0 Å². The van der Waals surface area contributed by atoms with Crippen LogP contribution in [0.3, 0.4) is 0 Å². The molecule has 0 radical (unpaired) electrons.